The van der Waals surface area contributed by atoms with Gasteiger partial charge in [-0.2, -0.15) is 0 Å². The quantitative estimate of drug-likeness (QED) is 0.616. The van der Waals surface area contributed by atoms with Gasteiger partial charge < -0.3 is 15.3 Å². The molecule has 0 aromatic heterocycles. The maximum Gasteiger partial charge on any atom is 0.322 e. The smallest absolute Gasteiger partial charge is 0.322 e. The number of hydrogen-bond donors (Lipinski definition) is 2. The average molecular weight is 428 g/mol. The molecule has 2 heterocycles. The molecule has 2 aliphatic heterocycles. The predicted octanol–water partition coefficient (Wildman–Crippen LogP) is 4.78. The highest BCUT2D eigenvalue weighted by Crippen LogP contribution is 2.40. The number of carbonyl (C=O) groups excluding carboxylic acids is 1. The van der Waals surface area contributed by atoms with Crippen LogP contribution in [-0.2, 0) is 13.2 Å². The maximum atomic E-state index is 13.3. The molecule has 2 N–H and O–H groups in total. The minimum Gasteiger partial charge on any atom is -0.392 e. The Morgan fingerprint density at radius 2 is 1.59 bits per heavy atom. The molecule has 3 aromatic rings. The Labute approximate surface area is 189 Å². The summed E-state index contributed by atoms with van der Waals surface area (Å²) in [5, 5.41) is 12.5. The van der Waals surface area contributed by atoms with Gasteiger partial charge in [0, 0.05) is 36.9 Å². The number of nitrogens with one attached hydrogen (secondary N) is 1. The third-order valence-electron chi connectivity index (χ3n) is 6.66. The largest absolute Gasteiger partial charge is 0.392 e. The molecule has 5 rings (SSSR count). The van der Waals surface area contributed by atoms with Crippen LogP contribution >= 0.6 is 0 Å². The standard InChI is InChI=1S/C27H29N3O2/c31-19-21-8-6-7-20(17-21)18-29-15-13-23(14-16-29)30-26(22-9-2-1-3-10-22)24-11-4-5-12-25(24)28-27(30)32/h1-12,17,23,26,31H,13-16,18-19H2,(H,28,32). The van der Waals surface area contributed by atoms with E-state index < -0.39 is 0 Å². The number of anilines is 1. The lowest BCUT2D eigenvalue weighted by molar-refractivity contribution is 0.106. The minimum absolute atomic E-state index is 0.00773. The number of hydrogen-bond acceptors (Lipinski definition) is 3. The highest BCUT2D eigenvalue weighted by molar-refractivity contribution is 5.93. The van der Waals surface area contributed by atoms with Crippen molar-refractivity contribution < 1.29 is 9.90 Å². The van der Waals surface area contributed by atoms with Crippen LogP contribution in [0, 0.1) is 0 Å². The van der Waals surface area contributed by atoms with Crippen LogP contribution in [0.1, 0.15) is 41.1 Å². The first-order valence-corrected chi connectivity index (χ1v) is 11.4. The van der Waals surface area contributed by atoms with Crippen molar-refractivity contribution in [1.29, 1.82) is 0 Å². The molecule has 1 fully saturated rings. The van der Waals surface area contributed by atoms with Crippen LogP contribution in [0.15, 0.2) is 78.9 Å². The fraction of sp³-hybridized carbons (Fsp3) is 0.296. The first kappa shape index (κ1) is 20.7. The van der Waals surface area contributed by atoms with Gasteiger partial charge in [-0.25, -0.2) is 4.79 Å². The Hall–Kier alpha value is -3.15. The number of likely N-dealkylation sites (tertiary alicyclic amines) is 1. The topological polar surface area (TPSA) is 55.8 Å². The number of nitrogens with zero attached hydrogens (tertiary/aromatic N) is 2. The Balaban J connectivity index is 1.35. The van der Waals surface area contributed by atoms with Crippen molar-refractivity contribution in [3.8, 4) is 0 Å². The molecule has 0 radical (unpaired) electrons. The Kier molecular flexibility index (Phi) is 5.93. The van der Waals surface area contributed by atoms with Crippen molar-refractivity contribution in [3.63, 3.8) is 0 Å². The van der Waals surface area contributed by atoms with Gasteiger partial charge in [-0.1, -0.05) is 72.8 Å². The summed E-state index contributed by atoms with van der Waals surface area (Å²) in [5.74, 6) is 0. The first-order chi connectivity index (χ1) is 15.7. The third-order valence-corrected chi connectivity index (χ3v) is 6.66. The molecule has 2 amide bonds. The number of aliphatic hydroxyl groups is 1. The van der Waals surface area contributed by atoms with Crippen molar-refractivity contribution in [2.75, 3.05) is 18.4 Å². The van der Waals surface area contributed by atoms with E-state index >= 15 is 0 Å². The summed E-state index contributed by atoms with van der Waals surface area (Å²) >= 11 is 0. The van der Waals surface area contributed by atoms with Gasteiger partial charge in [-0.3, -0.25) is 4.90 Å². The van der Waals surface area contributed by atoms with Gasteiger partial charge in [-0.05, 0) is 35.6 Å². The van der Waals surface area contributed by atoms with Gasteiger partial charge in [0.25, 0.3) is 0 Å². The number of amides is 2. The third kappa shape index (κ3) is 4.14. The number of rotatable bonds is 5. The van der Waals surface area contributed by atoms with Crippen LogP contribution < -0.4 is 5.32 Å². The van der Waals surface area contributed by atoms with Gasteiger partial charge in [0.05, 0.1) is 12.6 Å². The molecule has 0 bridgehead atoms. The summed E-state index contributed by atoms with van der Waals surface area (Å²) in [6.45, 7) is 2.84. The minimum atomic E-state index is -0.0704. The molecular formula is C27H29N3O2. The van der Waals surface area contributed by atoms with E-state index in [1.807, 2.05) is 48.5 Å². The molecule has 32 heavy (non-hydrogen) atoms. The van der Waals surface area contributed by atoms with Crippen molar-refractivity contribution in [1.82, 2.24) is 9.80 Å². The zero-order valence-electron chi connectivity index (χ0n) is 18.2. The predicted molar refractivity (Wildman–Crippen MR) is 126 cm³/mol. The monoisotopic (exact) mass is 427 g/mol. The molecule has 3 aromatic carbocycles. The van der Waals surface area contributed by atoms with Crippen molar-refractivity contribution in [2.45, 2.75) is 38.1 Å². The normalized spacial score (nSPS) is 19.5. The summed E-state index contributed by atoms with van der Waals surface area (Å²) in [6, 6.07) is 26.8. The number of carbonyl (C=O) groups is 1. The van der Waals surface area contributed by atoms with E-state index in [2.05, 4.69) is 45.4 Å². The fourth-order valence-corrected chi connectivity index (χ4v) is 5.09. The molecule has 1 unspecified atom stereocenters. The second-order valence-electron chi connectivity index (χ2n) is 8.72. The molecule has 1 saturated heterocycles. The van der Waals surface area contributed by atoms with Gasteiger partial charge in [-0.15, -0.1) is 0 Å². The summed E-state index contributed by atoms with van der Waals surface area (Å²) in [4.78, 5) is 17.8. The van der Waals surface area contributed by atoms with Crippen LogP contribution in [0.4, 0.5) is 10.5 Å². The van der Waals surface area contributed by atoms with E-state index in [9.17, 15) is 9.90 Å². The zero-order valence-corrected chi connectivity index (χ0v) is 18.2. The van der Waals surface area contributed by atoms with Crippen molar-refractivity contribution in [2.24, 2.45) is 0 Å². The lowest BCUT2D eigenvalue weighted by Gasteiger charge is -2.45. The van der Waals surface area contributed by atoms with E-state index in [0.29, 0.717) is 0 Å². The van der Waals surface area contributed by atoms with Crippen LogP contribution in [0.25, 0.3) is 0 Å². The Bertz CT molecular complexity index is 1080. The molecule has 2 aliphatic rings. The molecule has 1 atom stereocenters. The maximum absolute atomic E-state index is 13.3. The SMILES string of the molecule is O=C1Nc2ccccc2C(c2ccccc2)N1C1CCN(Cc2cccc(CO)c2)CC1. The van der Waals surface area contributed by atoms with E-state index in [4.69, 9.17) is 0 Å². The highest BCUT2D eigenvalue weighted by atomic mass is 16.3. The average Bonchev–Trinajstić information content (AvgIpc) is 2.84. The molecule has 164 valence electrons. The molecular weight excluding hydrogens is 398 g/mol. The van der Waals surface area contributed by atoms with E-state index in [1.54, 1.807) is 0 Å². The number of fused-ring (bicyclic) bond motifs is 1. The number of piperidine rings is 1. The van der Waals surface area contributed by atoms with Crippen molar-refractivity contribution >= 4 is 11.7 Å². The lowest BCUT2D eigenvalue weighted by Crippen LogP contribution is -2.52. The molecule has 5 heteroatoms. The first-order valence-electron chi connectivity index (χ1n) is 11.4. The highest BCUT2D eigenvalue weighted by Gasteiger charge is 2.38. The summed E-state index contributed by atoms with van der Waals surface area (Å²) < 4.78 is 0. The van der Waals surface area contributed by atoms with Gasteiger partial charge >= 0.3 is 6.03 Å². The summed E-state index contributed by atoms with van der Waals surface area (Å²) in [7, 11) is 0. The van der Waals surface area contributed by atoms with Crippen molar-refractivity contribution in [3.05, 3.63) is 101 Å². The number of benzene rings is 3. The fourth-order valence-electron chi connectivity index (χ4n) is 5.09. The van der Waals surface area contributed by atoms with E-state index in [0.717, 1.165) is 54.9 Å². The van der Waals surface area contributed by atoms with E-state index in [1.165, 1.54) is 5.56 Å². The van der Waals surface area contributed by atoms with Gasteiger partial charge in [0.2, 0.25) is 0 Å². The van der Waals surface area contributed by atoms with Crippen LogP contribution in [0.3, 0.4) is 0 Å². The summed E-state index contributed by atoms with van der Waals surface area (Å²) in [6.07, 6.45) is 1.89. The molecule has 0 saturated carbocycles. The Morgan fingerprint density at radius 1 is 0.875 bits per heavy atom. The zero-order chi connectivity index (χ0) is 21.9. The molecule has 0 aliphatic carbocycles. The lowest BCUT2D eigenvalue weighted by atomic mass is 9.90. The Morgan fingerprint density at radius 3 is 2.38 bits per heavy atom. The van der Waals surface area contributed by atoms with Gasteiger partial charge in [0.1, 0.15) is 0 Å². The number of aliphatic hydroxyl groups excluding tert-OH is 1. The second kappa shape index (κ2) is 9.15. The number of para-hydroxylation sites is 1. The second-order valence-corrected chi connectivity index (χ2v) is 8.72. The van der Waals surface area contributed by atoms with E-state index in [-0.39, 0.29) is 24.7 Å². The van der Waals surface area contributed by atoms with Gasteiger partial charge in [0.15, 0.2) is 0 Å². The van der Waals surface area contributed by atoms with Crippen LogP contribution in [0.2, 0.25) is 0 Å². The van der Waals surface area contributed by atoms with Crippen LogP contribution in [0.5, 0.6) is 0 Å². The molecule has 0 spiro atoms. The van der Waals surface area contributed by atoms with Crippen LogP contribution in [-0.4, -0.2) is 40.1 Å². The summed E-state index contributed by atoms with van der Waals surface area (Å²) in [5.41, 5.74) is 5.39. The number of urea groups is 1. The molecule has 5 nitrogen and oxygen atoms in total.